The first-order chi connectivity index (χ1) is 15.2. The molecule has 1 aliphatic rings. The van der Waals surface area contributed by atoms with Crippen LogP contribution in [0.4, 0.5) is 5.00 Å². The monoisotopic (exact) mass is 451 g/mol. The molecule has 5 heteroatoms. The molecule has 3 nitrogen and oxygen atoms in total. The molecule has 1 aliphatic heterocycles. The van der Waals surface area contributed by atoms with Gasteiger partial charge in [-0.25, -0.2) is 0 Å². The van der Waals surface area contributed by atoms with Gasteiger partial charge in [-0.15, -0.1) is 23.1 Å². The van der Waals surface area contributed by atoms with Gasteiger partial charge in [0.2, 0.25) is 0 Å². The third-order valence-corrected chi connectivity index (χ3v) is 8.04. The summed E-state index contributed by atoms with van der Waals surface area (Å²) in [7, 11) is 0. The minimum absolute atomic E-state index is 0.0310. The van der Waals surface area contributed by atoms with Gasteiger partial charge in [-0.3, -0.25) is 4.79 Å². The molecule has 2 aromatic carbocycles. The Bertz CT molecular complexity index is 992. The quantitative estimate of drug-likeness (QED) is 0.469. The fourth-order valence-electron chi connectivity index (χ4n) is 4.44. The van der Waals surface area contributed by atoms with Gasteiger partial charge in [0.05, 0.1) is 13.1 Å². The van der Waals surface area contributed by atoms with E-state index in [4.69, 9.17) is 0 Å². The van der Waals surface area contributed by atoms with E-state index >= 15 is 0 Å². The maximum absolute atomic E-state index is 13.0. The van der Waals surface area contributed by atoms with Crippen LogP contribution in [0.3, 0.4) is 0 Å². The number of anilines is 1. The molecule has 1 aromatic heterocycles. The number of nitrogens with one attached hydrogen (secondary N) is 2. The van der Waals surface area contributed by atoms with E-state index in [2.05, 4.69) is 48.8 Å². The number of hydrogen-bond acceptors (Lipinski definition) is 3. The van der Waals surface area contributed by atoms with Crippen molar-refractivity contribution in [1.29, 1.82) is 0 Å². The molecule has 0 unspecified atom stereocenters. The zero-order chi connectivity index (χ0) is 21.6. The summed E-state index contributed by atoms with van der Waals surface area (Å²) >= 11 is 3.50. The first kappa shape index (κ1) is 22.1. The molecule has 0 spiro atoms. The fourth-order valence-corrected chi connectivity index (χ4v) is 5.87. The van der Waals surface area contributed by atoms with E-state index in [0.29, 0.717) is 5.56 Å². The van der Waals surface area contributed by atoms with Gasteiger partial charge in [-0.1, -0.05) is 37.3 Å². The van der Waals surface area contributed by atoms with Crippen LogP contribution in [-0.2, 0) is 6.42 Å². The molecule has 1 amide bonds. The highest BCUT2D eigenvalue weighted by Crippen LogP contribution is 2.36. The van der Waals surface area contributed by atoms with Crippen molar-refractivity contribution in [2.24, 2.45) is 0 Å². The topological polar surface area (TPSA) is 33.5 Å². The average molecular weight is 452 g/mol. The van der Waals surface area contributed by atoms with Gasteiger partial charge in [-0.2, -0.15) is 0 Å². The summed E-state index contributed by atoms with van der Waals surface area (Å²) in [4.78, 5) is 17.2. The summed E-state index contributed by atoms with van der Waals surface area (Å²) in [5.74, 6) is -0.0310. The maximum atomic E-state index is 13.0. The number of carbonyl (C=O) groups excluding carboxylic acids is 1. The molecule has 3 aromatic rings. The molecule has 2 heterocycles. The Balaban J connectivity index is 1.72. The SMILES string of the molecule is CCc1cc([C@H](c2ccc(SC)cc2)[NH+]2CCCCC2)c(NC(=O)c2ccccc2)s1. The molecular formula is C26H31N2OS2+. The van der Waals surface area contributed by atoms with Crippen LogP contribution < -0.4 is 10.2 Å². The molecule has 31 heavy (non-hydrogen) atoms. The Morgan fingerprint density at radius 2 is 1.77 bits per heavy atom. The Morgan fingerprint density at radius 3 is 2.42 bits per heavy atom. The predicted molar refractivity (Wildman–Crippen MR) is 133 cm³/mol. The first-order valence-electron chi connectivity index (χ1n) is 11.2. The lowest BCUT2D eigenvalue weighted by Gasteiger charge is -2.32. The standard InChI is InChI=1S/C26H30N2OS2/c1-3-21-18-23(26(31-21)27-25(29)20-10-6-4-7-11-20)24(28-16-8-5-9-17-28)19-12-14-22(30-2)15-13-19/h4,6-7,10-15,18,24H,3,5,8-9,16-17H2,1-2H3,(H,27,29)/p+1/t24-/m0/s1. The highest BCUT2D eigenvalue weighted by Gasteiger charge is 2.31. The second-order valence-electron chi connectivity index (χ2n) is 8.10. The molecule has 0 bridgehead atoms. The molecule has 162 valence electrons. The number of aryl methyl sites for hydroxylation is 1. The van der Waals surface area contributed by atoms with Crippen molar-refractivity contribution in [2.75, 3.05) is 24.7 Å². The van der Waals surface area contributed by atoms with Gasteiger partial charge in [0.15, 0.2) is 0 Å². The molecular weight excluding hydrogens is 420 g/mol. The van der Waals surface area contributed by atoms with Crippen LogP contribution in [-0.4, -0.2) is 25.3 Å². The number of benzene rings is 2. The summed E-state index contributed by atoms with van der Waals surface area (Å²) in [5, 5.41) is 4.26. The lowest BCUT2D eigenvalue weighted by Crippen LogP contribution is -3.13. The number of hydrogen-bond donors (Lipinski definition) is 2. The normalized spacial score (nSPS) is 15.5. The number of rotatable bonds is 7. The van der Waals surface area contributed by atoms with Crippen molar-refractivity contribution < 1.29 is 9.69 Å². The Hall–Kier alpha value is -2.08. The molecule has 2 N–H and O–H groups in total. The molecule has 1 fully saturated rings. The van der Waals surface area contributed by atoms with Crippen LogP contribution in [0.1, 0.15) is 58.6 Å². The minimum atomic E-state index is -0.0310. The minimum Gasteiger partial charge on any atom is -0.325 e. The molecule has 0 aliphatic carbocycles. The fraction of sp³-hybridized carbons (Fsp3) is 0.346. The Labute approximate surface area is 193 Å². The van der Waals surface area contributed by atoms with Crippen molar-refractivity contribution in [3.8, 4) is 0 Å². The zero-order valence-electron chi connectivity index (χ0n) is 18.3. The summed E-state index contributed by atoms with van der Waals surface area (Å²) < 4.78 is 0. The van der Waals surface area contributed by atoms with E-state index in [1.54, 1.807) is 28.0 Å². The number of likely N-dealkylation sites (tertiary alicyclic amines) is 1. The molecule has 4 rings (SSSR count). The molecule has 0 radical (unpaired) electrons. The van der Waals surface area contributed by atoms with E-state index in [-0.39, 0.29) is 11.9 Å². The first-order valence-corrected chi connectivity index (χ1v) is 13.2. The van der Waals surface area contributed by atoms with Crippen molar-refractivity contribution in [3.63, 3.8) is 0 Å². The lowest BCUT2D eigenvalue weighted by molar-refractivity contribution is -0.930. The van der Waals surface area contributed by atoms with E-state index < -0.39 is 0 Å². The van der Waals surface area contributed by atoms with Crippen LogP contribution >= 0.6 is 23.1 Å². The number of quaternary nitrogens is 1. The van der Waals surface area contributed by atoms with Gasteiger partial charge in [-0.05, 0) is 62.3 Å². The maximum Gasteiger partial charge on any atom is 0.256 e. The summed E-state index contributed by atoms with van der Waals surface area (Å²) in [6, 6.07) is 21.1. The molecule has 0 saturated carbocycles. The van der Waals surface area contributed by atoms with Crippen LogP contribution in [0.25, 0.3) is 0 Å². The van der Waals surface area contributed by atoms with Crippen molar-refractivity contribution in [3.05, 3.63) is 82.2 Å². The third kappa shape index (κ3) is 5.22. The van der Waals surface area contributed by atoms with E-state index in [9.17, 15) is 4.79 Å². The van der Waals surface area contributed by atoms with Crippen LogP contribution in [0.2, 0.25) is 0 Å². The van der Waals surface area contributed by atoms with Crippen LogP contribution in [0.15, 0.2) is 65.6 Å². The largest absolute Gasteiger partial charge is 0.325 e. The van der Waals surface area contributed by atoms with Gasteiger partial charge < -0.3 is 10.2 Å². The second-order valence-corrected chi connectivity index (χ2v) is 10.1. The summed E-state index contributed by atoms with van der Waals surface area (Å²) in [6.07, 6.45) is 6.96. The number of thiophene rings is 1. The summed E-state index contributed by atoms with van der Waals surface area (Å²) in [5.41, 5.74) is 3.30. The number of amides is 1. The lowest BCUT2D eigenvalue weighted by atomic mass is 9.95. The Morgan fingerprint density at radius 1 is 1.06 bits per heavy atom. The van der Waals surface area contributed by atoms with Crippen LogP contribution in [0, 0.1) is 0 Å². The number of piperidine rings is 1. The van der Waals surface area contributed by atoms with Crippen molar-refractivity contribution in [2.45, 2.75) is 43.5 Å². The van der Waals surface area contributed by atoms with Gasteiger partial charge in [0, 0.05) is 26.5 Å². The van der Waals surface area contributed by atoms with Gasteiger partial charge in [0.25, 0.3) is 5.91 Å². The van der Waals surface area contributed by atoms with Gasteiger partial charge in [0.1, 0.15) is 11.0 Å². The molecule has 1 saturated heterocycles. The predicted octanol–water partition coefficient (Wildman–Crippen LogP) is 5.44. The van der Waals surface area contributed by atoms with Crippen LogP contribution in [0.5, 0.6) is 0 Å². The average Bonchev–Trinajstić information content (AvgIpc) is 3.23. The summed E-state index contributed by atoms with van der Waals surface area (Å²) in [6.45, 7) is 4.55. The Kier molecular flexibility index (Phi) is 7.49. The highest BCUT2D eigenvalue weighted by molar-refractivity contribution is 7.98. The van der Waals surface area contributed by atoms with Crippen molar-refractivity contribution in [1.82, 2.24) is 0 Å². The van der Waals surface area contributed by atoms with Gasteiger partial charge >= 0.3 is 0 Å². The highest BCUT2D eigenvalue weighted by atomic mass is 32.2. The number of thioether (sulfide) groups is 1. The third-order valence-electron chi connectivity index (χ3n) is 6.09. The smallest absolute Gasteiger partial charge is 0.256 e. The number of carbonyl (C=O) groups is 1. The second kappa shape index (κ2) is 10.5. The van der Waals surface area contributed by atoms with E-state index in [0.717, 1.165) is 11.4 Å². The molecule has 1 atom stereocenters. The van der Waals surface area contributed by atoms with Crippen molar-refractivity contribution >= 4 is 34.0 Å². The van der Waals surface area contributed by atoms with E-state index in [1.165, 1.54) is 53.3 Å². The zero-order valence-corrected chi connectivity index (χ0v) is 20.0. The van der Waals surface area contributed by atoms with E-state index in [1.807, 2.05) is 30.3 Å².